The number of nitrogens with zero attached hydrogens (tertiary/aromatic N) is 3. The van der Waals surface area contributed by atoms with Gasteiger partial charge in [0, 0.05) is 18.1 Å². The van der Waals surface area contributed by atoms with Crippen LogP contribution in [0.3, 0.4) is 0 Å². The molecule has 3 aromatic rings. The van der Waals surface area contributed by atoms with Gasteiger partial charge in [0.15, 0.2) is 5.15 Å². The summed E-state index contributed by atoms with van der Waals surface area (Å²) in [6, 6.07) is 13.8. The van der Waals surface area contributed by atoms with Gasteiger partial charge >= 0.3 is 0 Å². The molecule has 0 unspecified atom stereocenters. The standard InChI is InChI=1S/C15H13ClN4/c16-13-6-7-14(20-19-13)17-10-8-12-4-1-3-11-5-2-9-18-15(11)12/h1-7,9H,8,10H2,(H,17,20). The molecule has 2 heterocycles. The Hall–Kier alpha value is -2.20. The molecule has 1 N–H and O–H groups in total. The summed E-state index contributed by atoms with van der Waals surface area (Å²) in [5, 5.41) is 12.5. The number of hydrogen-bond donors (Lipinski definition) is 1. The van der Waals surface area contributed by atoms with E-state index < -0.39 is 0 Å². The molecule has 100 valence electrons. The highest BCUT2D eigenvalue weighted by molar-refractivity contribution is 6.29. The maximum atomic E-state index is 5.70. The topological polar surface area (TPSA) is 50.7 Å². The molecule has 5 heteroatoms. The van der Waals surface area contributed by atoms with Crippen molar-refractivity contribution in [2.45, 2.75) is 6.42 Å². The lowest BCUT2D eigenvalue weighted by atomic mass is 10.1. The average molecular weight is 285 g/mol. The molecule has 0 radical (unpaired) electrons. The van der Waals surface area contributed by atoms with Crippen LogP contribution in [0, 0.1) is 0 Å². The molecule has 0 aliphatic heterocycles. The predicted molar refractivity (Wildman–Crippen MR) is 81.0 cm³/mol. The lowest BCUT2D eigenvalue weighted by Gasteiger charge is -2.07. The third kappa shape index (κ3) is 2.86. The molecule has 0 saturated heterocycles. The molecule has 0 saturated carbocycles. The van der Waals surface area contributed by atoms with E-state index in [2.05, 4.69) is 44.8 Å². The Morgan fingerprint density at radius 2 is 1.90 bits per heavy atom. The van der Waals surface area contributed by atoms with Crippen LogP contribution in [0.4, 0.5) is 5.82 Å². The number of benzene rings is 1. The zero-order chi connectivity index (χ0) is 13.8. The van der Waals surface area contributed by atoms with E-state index >= 15 is 0 Å². The van der Waals surface area contributed by atoms with Gasteiger partial charge in [-0.05, 0) is 30.2 Å². The van der Waals surface area contributed by atoms with Gasteiger partial charge in [0.1, 0.15) is 5.82 Å². The van der Waals surface area contributed by atoms with Gasteiger partial charge in [0.25, 0.3) is 0 Å². The third-order valence-corrected chi connectivity index (χ3v) is 3.25. The fourth-order valence-electron chi connectivity index (χ4n) is 2.10. The first-order chi connectivity index (χ1) is 9.83. The fourth-order valence-corrected chi connectivity index (χ4v) is 2.21. The minimum atomic E-state index is 0.397. The second-order valence-electron chi connectivity index (χ2n) is 4.41. The molecule has 20 heavy (non-hydrogen) atoms. The van der Waals surface area contributed by atoms with E-state index in [-0.39, 0.29) is 0 Å². The molecular formula is C15H13ClN4. The first-order valence-corrected chi connectivity index (χ1v) is 6.76. The molecule has 0 spiro atoms. The molecule has 0 atom stereocenters. The Morgan fingerprint density at radius 1 is 1.00 bits per heavy atom. The van der Waals surface area contributed by atoms with Crippen molar-refractivity contribution in [2.24, 2.45) is 0 Å². The Labute approximate surface area is 121 Å². The quantitative estimate of drug-likeness (QED) is 0.798. The van der Waals surface area contributed by atoms with Gasteiger partial charge in [0.05, 0.1) is 5.52 Å². The van der Waals surface area contributed by atoms with Crippen molar-refractivity contribution in [3.63, 3.8) is 0 Å². The summed E-state index contributed by atoms with van der Waals surface area (Å²) in [7, 11) is 0. The minimum absolute atomic E-state index is 0.397. The lowest BCUT2D eigenvalue weighted by molar-refractivity contribution is 0.969. The summed E-state index contributed by atoms with van der Waals surface area (Å²) >= 11 is 5.70. The van der Waals surface area contributed by atoms with Crippen LogP contribution in [0.2, 0.25) is 5.15 Å². The fraction of sp³-hybridized carbons (Fsp3) is 0.133. The number of anilines is 1. The van der Waals surface area contributed by atoms with Crippen molar-refractivity contribution >= 4 is 28.3 Å². The number of aromatic nitrogens is 3. The first kappa shape index (κ1) is 12.8. The highest BCUT2D eigenvalue weighted by Crippen LogP contribution is 2.16. The molecule has 4 nitrogen and oxygen atoms in total. The summed E-state index contributed by atoms with van der Waals surface area (Å²) in [6.07, 6.45) is 2.70. The number of para-hydroxylation sites is 1. The van der Waals surface area contributed by atoms with E-state index in [4.69, 9.17) is 11.6 Å². The lowest BCUT2D eigenvalue weighted by Crippen LogP contribution is -2.07. The van der Waals surface area contributed by atoms with Gasteiger partial charge in [-0.2, -0.15) is 0 Å². The zero-order valence-electron chi connectivity index (χ0n) is 10.8. The normalized spacial score (nSPS) is 10.7. The summed E-state index contributed by atoms with van der Waals surface area (Å²) in [5.74, 6) is 0.725. The number of hydrogen-bond acceptors (Lipinski definition) is 4. The number of rotatable bonds is 4. The Balaban J connectivity index is 1.69. The van der Waals surface area contributed by atoms with E-state index in [1.165, 1.54) is 5.56 Å². The van der Waals surface area contributed by atoms with Crippen LogP contribution >= 0.6 is 11.6 Å². The van der Waals surface area contributed by atoms with Crippen molar-refractivity contribution in [1.29, 1.82) is 0 Å². The van der Waals surface area contributed by atoms with E-state index in [0.29, 0.717) is 5.15 Å². The number of pyridine rings is 1. The maximum absolute atomic E-state index is 5.70. The van der Waals surface area contributed by atoms with Crippen molar-refractivity contribution in [3.05, 3.63) is 59.4 Å². The zero-order valence-corrected chi connectivity index (χ0v) is 11.5. The van der Waals surface area contributed by atoms with Gasteiger partial charge in [0.2, 0.25) is 0 Å². The van der Waals surface area contributed by atoms with E-state index in [1.807, 2.05) is 18.3 Å². The van der Waals surface area contributed by atoms with E-state index in [0.717, 1.165) is 29.7 Å². The Kier molecular flexibility index (Phi) is 3.74. The number of halogens is 1. The van der Waals surface area contributed by atoms with E-state index in [9.17, 15) is 0 Å². The van der Waals surface area contributed by atoms with Crippen LogP contribution in [0.15, 0.2) is 48.7 Å². The smallest absolute Gasteiger partial charge is 0.151 e. The van der Waals surface area contributed by atoms with Crippen LogP contribution in [0.1, 0.15) is 5.56 Å². The molecule has 0 fully saturated rings. The molecule has 3 rings (SSSR count). The van der Waals surface area contributed by atoms with E-state index in [1.54, 1.807) is 6.07 Å². The number of fused-ring (bicyclic) bond motifs is 1. The molecule has 2 aromatic heterocycles. The highest BCUT2D eigenvalue weighted by Gasteiger charge is 2.02. The maximum Gasteiger partial charge on any atom is 0.151 e. The second-order valence-corrected chi connectivity index (χ2v) is 4.80. The van der Waals surface area contributed by atoms with Crippen LogP contribution in [0.5, 0.6) is 0 Å². The van der Waals surface area contributed by atoms with Crippen LogP contribution < -0.4 is 5.32 Å². The van der Waals surface area contributed by atoms with Crippen molar-refractivity contribution in [3.8, 4) is 0 Å². The summed E-state index contributed by atoms with van der Waals surface area (Å²) < 4.78 is 0. The van der Waals surface area contributed by atoms with Gasteiger partial charge in [-0.25, -0.2) is 0 Å². The monoisotopic (exact) mass is 284 g/mol. The molecular weight excluding hydrogens is 272 g/mol. The van der Waals surface area contributed by atoms with Gasteiger partial charge < -0.3 is 5.32 Å². The number of nitrogens with one attached hydrogen (secondary N) is 1. The van der Waals surface area contributed by atoms with Crippen molar-refractivity contribution in [2.75, 3.05) is 11.9 Å². The van der Waals surface area contributed by atoms with Crippen molar-refractivity contribution < 1.29 is 0 Å². The van der Waals surface area contributed by atoms with Crippen LogP contribution in [-0.4, -0.2) is 21.7 Å². The Morgan fingerprint density at radius 3 is 2.75 bits per heavy atom. The molecule has 0 bridgehead atoms. The van der Waals surface area contributed by atoms with Crippen molar-refractivity contribution in [1.82, 2.24) is 15.2 Å². The Bertz CT molecular complexity index is 707. The largest absolute Gasteiger partial charge is 0.368 e. The van der Waals surface area contributed by atoms with Crippen LogP contribution in [-0.2, 0) is 6.42 Å². The summed E-state index contributed by atoms with van der Waals surface area (Å²) in [4.78, 5) is 4.45. The van der Waals surface area contributed by atoms with Gasteiger partial charge in [-0.3, -0.25) is 4.98 Å². The highest BCUT2D eigenvalue weighted by atomic mass is 35.5. The first-order valence-electron chi connectivity index (χ1n) is 6.39. The SMILES string of the molecule is Clc1ccc(NCCc2cccc3cccnc23)nn1. The molecule has 0 amide bonds. The van der Waals surface area contributed by atoms with Crippen LogP contribution in [0.25, 0.3) is 10.9 Å². The average Bonchev–Trinajstić information content (AvgIpc) is 2.49. The minimum Gasteiger partial charge on any atom is -0.368 e. The second kappa shape index (κ2) is 5.84. The molecule has 1 aromatic carbocycles. The van der Waals surface area contributed by atoms with Gasteiger partial charge in [-0.15, -0.1) is 10.2 Å². The molecule has 0 aliphatic rings. The summed E-state index contributed by atoms with van der Waals surface area (Å²) in [6.45, 7) is 0.770. The predicted octanol–water partition coefficient (Wildman–Crippen LogP) is 3.33. The summed E-state index contributed by atoms with van der Waals surface area (Å²) in [5.41, 5.74) is 2.27. The van der Waals surface area contributed by atoms with Gasteiger partial charge in [-0.1, -0.05) is 35.9 Å². The third-order valence-electron chi connectivity index (χ3n) is 3.05. The molecule has 0 aliphatic carbocycles.